The van der Waals surface area contributed by atoms with Crippen molar-refractivity contribution >= 4 is 28.4 Å². The molecule has 1 amide bonds. The number of carbonyl (C=O) groups is 1. The largest absolute Gasteiger partial charge is 0.338 e. The number of fused-ring (bicyclic) bond motifs is 1. The van der Waals surface area contributed by atoms with E-state index in [4.69, 9.17) is 0 Å². The maximum Gasteiger partial charge on any atom is 0.233 e. The van der Waals surface area contributed by atoms with Crippen LogP contribution < -0.4 is 0 Å². The van der Waals surface area contributed by atoms with Crippen LogP contribution in [0.1, 0.15) is 13.8 Å². The highest BCUT2D eigenvalue weighted by atomic mass is 32.2. The molecule has 110 valence electrons. The van der Waals surface area contributed by atoms with E-state index in [1.807, 2.05) is 38.1 Å². The summed E-state index contributed by atoms with van der Waals surface area (Å²) < 4.78 is 0. The molecule has 1 heterocycles. The van der Waals surface area contributed by atoms with Crippen LogP contribution in [0.25, 0.3) is 10.8 Å². The molecule has 0 saturated heterocycles. The minimum Gasteiger partial charge on any atom is -0.338 e. The standard InChI is InChI=1S/C16H19N3OS/c1-4-19(10-12(2)3)15(20)11-21-16-14-8-6-5-7-13(14)9-17-18-16/h5-9H,2,4,10-11H2,1,3H3. The van der Waals surface area contributed by atoms with Gasteiger partial charge in [-0.2, -0.15) is 5.10 Å². The van der Waals surface area contributed by atoms with E-state index in [0.29, 0.717) is 18.8 Å². The molecule has 1 aromatic carbocycles. The van der Waals surface area contributed by atoms with Gasteiger partial charge in [-0.25, -0.2) is 0 Å². The first kappa shape index (κ1) is 15.5. The lowest BCUT2D eigenvalue weighted by atomic mass is 10.2. The van der Waals surface area contributed by atoms with Crippen LogP contribution in [0.3, 0.4) is 0 Å². The Kier molecular flexibility index (Phi) is 5.33. The Balaban J connectivity index is 2.07. The second-order valence-electron chi connectivity index (χ2n) is 4.89. The van der Waals surface area contributed by atoms with E-state index in [-0.39, 0.29) is 5.91 Å². The lowest BCUT2D eigenvalue weighted by molar-refractivity contribution is -0.127. The maximum absolute atomic E-state index is 12.2. The van der Waals surface area contributed by atoms with Gasteiger partial charge in [-0.15, -0.1) is 5.10 Å². The van der Waals surface area contributed by atoms with Gasteiger partial charge in [0.2, 0.25) is 5.91 Å². The Morgan fingerprint density at radius 1 is 1.38 bits per heavy atom. The number of nitrogens with zero attached hydrogens (tertiary/aromatic N) is 3. The molecule has 0 aliphatic carbocycles. The number of aromatic nitrogens is 2. The summed E-state index contributed by atoms with van der Waals surface area (Å²) in [5.41, 5.74) is 0.986. The van der Waals surface area contributed by atoms with Gasteiger partial charge < -0.3 is 4.90 Å². The predicted octanol–water partition coefficient (Wildman–Crippen LogP) is 3.15. The van der Waals surface area contributed by atoms with Gasteiger partial charge in [-0.1, -0.05) is 48.2 Å². The van der Waals surface area contributed by atoms with E-state index in [9.17, 15) is 4.79 Å². The molecular formula is C16H19N3OS. The van der Waals surface area contributed by atoms with Gasteiger partial charge in [0, 0.05) is 23.9 Å². The minimum atomic E-state index is 0.0974. The highest BCUT2D eigenvalue weighted by Crippen LogP contribution is 2.24. The van der Waals surface area contributed by atoms with E-state index >= 15 is 0 Å². The second-order valence-corrected chi connectivity index (χ2v) is 5.85. The average Bonchev–Trinajstić information content (AvgIpc) is 2.50. The number of benzene rings is 1. The zero-order chi connectivity index (χ0) is 15.2. The van der Waals surface area contributed by atoms with Crippen molar-refractivity contribution in [3.8, 4) is 0 Å². The van der Waals surface area contributed by atoms with Crippen LogP contribution in [-0.2, 0) is 4.79 Å². The lowest BCUT2D eigenvalue weighted by Crippen LogP contribution is -2.33. The molecule has 2 rings (SSSR count). The molecule has 4 nitrogen and oxygen atoms in total. The van der Waals surface area contributed by atoms with Crippen molar-refractivity contribution < 1.29 is 4.79 Å². The summed E-state index contributed by atoms with van der Waals surface area (Å²) in [6.45, 7) is 9.06. The van der Waals surface area contributed by atoms with Gasteiger partial charge in [0.05, 0.1) is 11.9 Å². The molecule has 1 aromatic heterocycles. The summed E-state index contributed by atoms with van der Waals surface area (Å²) in [6.07, 6.45) is 1.74. The normalized spacial score (nSPS) is 10.6. The van der Waals surface area contributed by atoms with Crippen LogP contribution in [0.2, 0.25) is 0 Å². The number of hydrogen-bond donors (Lipinski definition) is 0. The number of rotatable bonds is 6. The molecule has 0 aliphatic heterocycles. The fraction of sp³-hybridized carbons (Fsp3) is 0.312. The average molecular weight is 301 g/mol. The highest BCUT2D eigenvalue weighted by Gasteiger charge is 2.13. The van der Waals surface area contributed by atoms with E-state index in [2.05, 4.69) is 16.8 Å². The fourth-order valence-electron chi connectivity index (χ4n) is 2.03. The van der Waals surface area contributed by atoms with E-state index in [0.717, 1.165) is 21.4 Å². The Bertz CT molecular complexity index is 652. The third kappa shape index (κ3) is 4.04. The SMILES string of the molecule is C=C(C)CN(CC)C(=O)CSc1nncc2ccccc12. The Morgan fingerprint density at radius 3 is 2.86 bits per heavy atom. The first-order chi connectivity index (χ1) is 10.1. The smallest absolute Gasteiger partial charge is 0.233 e. The molecule has 0 fully saturated rings. The monoisotopic (exact) mass is 301 g/mol. The molecule has 0 aliphatic rings. The predicted molar refractivity (Wildman–Crippen MR) is 87.3 cm³/mol. The lowest BCUT2D eigenvalue weighted by Gasteiger charge is -2.20. The van der Waals surface area contributed by atoms with Gasteiger partial charge in [-0.3, -0.25) is 4.79 Å². The minimum absolute atomic E-state index is 0.0974. The molecule has 5 heteroatoms. The molecule has 0 saturated carbocycles. The summed E-state index contributed by atoms with van der Waals surface area (Å²) in [6, 6.07) is 7.93. The zero-order valence-electron chi connectivity index (χ0n) is 12.4. The van der Waals surface area contributed by atoms with Crippen LogP contribution in [-0.4, -0.2) is 39.8 Å². The van der Waals surface area contributed by atoms with Crippen LogP contribution in [0, 0.1) is 0 Å². The van der Waals surface area contributed by atoms with E-state index in [1.54, 1.807) is 11.1 Å². The number of likely N-dealkylation sites (N-methyl/N-ethyl adjacent to an activating group) is 1. The quantitative estimate of drug-likeness (QED) is 0.607. The molecule has 0 radical (unpaired) electrons. The Hall–Kier alpha value is -1.88. The van der Waals surface area contributed by atoms with Crippen LogP contribution in [0.5, 0.6) is 0 Å². The summed E-state index contributed by atoms with van der Waals surface area (Å²) in [5.74, 6) is 0.462. The summed E-state index contributed by atoms with van der Waals surface area (Å²) in [7, 11) is 0. The van der Waals surface area contributed by atoms with Gasteiger partial charge >= 0.3 is 0 Å². The third-order valence-corrected chi connectivity index (χ3v) is 4.03. The third-order valence-electron chi connectivity index (χ3n) is 3.06. The van der Waals surface area contributed by atoms with Crippen LogP contribution >= 0.6 is 11.8 Å². The summed E-state index contributed by atoms with van der Waals surface area (Å²) >= 11 is 1.43. The van der Waals surface area contributed by atoms with E-state index < -0.39 is 0 Å². The van der Waals surface area contributed by atoms with Crippen LogP contribution in [0.4, 0.5) is 0 Å². The van der Waals surface area contributed by atoms with Crippen molar-refractivity contribution in [2.45, 2.75) is 18.9 Å². The summed E-state index contributed by atoms with van der Waals surface area (Å²) in [5, 5.41) is 11.0. The number of amides is 1. The molecule has 0 bridgehead atoms. The number of carbonyl (C=O) groups excluding carboxylic acids is 1. The van der Waals surface area contributed by atoms with Crippen molar-refractivity contribution in [2.24, 2.45) is 0 Å². The Morgan fingerprint density at radius 2 is 2.14 bits per heavy atom. The Labute approximate surface area is 129 Å². The van der Waals surface area contributed by atoms with Gasteiger partial charge in [0.15, 0.2) is 0 Å². The topological polar surface area (TPSA) is 46.1 Å². The number of hydrogen-bond acceptors (Lipinski definition) is 4. The van der Waals surface area contributed by atoms with Crippen molar-refractivity contribution in [1.29, 1.82) is 0 Å². The second kappa shape index (κ2) is 7.22. The maximum atomic E-state index is 12.2. The summed E-state index contributed by atoms with van der Waals surface area (Å²) in [4.78, 5) is 14.0. The highest BCUT2D eigenvalue weighted by molar-refractivity contribution is 8.00. The van der Waals surface area contributed by atoms with Gasteiger partial charge in [-0.05, 0) is 13.8 Å². The van der Waals surface area contributed by atoms with Crippen molar-refractivity contribution in [3.63, 3.8) is 0 Å². The molecule has 0 unspecified atom stereocenters. The van der Waals surface area contributed by atoms with Crippen LogP contribution in [0.15, 0.2) is 47.6 Å². The molecular weight excluding hydrogens is 282 g/mol. The van der Waals surface area contributed by atoms with Crippen molar-refractivity contribution in [3.05, 3.63) is 42.6 Å². The van der Waals surface area contributed by atoms with Gasteiger partial charge in [0.1, 0.15) is 5.03 Å². The molecule has 0 N–H and O–H groups in total. The van der Waals surface area contributed by atoms with Gasteiger partial charge in [0.25, 0.3) is 0 Å². The first-order valence-corrected chi connectivity index (χ1v) is 7.85. The zero-order valence-corrected chi connectivity index (χ0v) is 13.2. The van der Waals surface area contributed by atoms with E-state index in [1.165, 1.54) is 11.8 Å². The molecule has 2 aromatic rings. The van der Waals surface area contributed by atoms with Crippen molar-refractivity contribution in [2.75, 3.05) is 18.8 Å². The molecule has 21 heavy (non-hydrogen) atoms. The molecule has 0 atom stereocenters. The molecule has 0 spiro atoms. The van der Waals surface area contributed by atoms with Crippen molar-refractivity contribution in [1.82, 2.24) is 15.1 Å². The first-order valence-electron chi connectivity index (χ1n) is 6.87. The fourth-order valence-corrected chi connectivity index (χ4v) is 2.92. The number of thioether (sulfide) groups is 1.